The number of hydrogen-bond donors (Lipinski definition) is 2. The summed E-state index contributed by atoms with van der Waals surface area (Å²) in [6.45, 7) is 8.22. The summed E-state index contributed by atoms with van der Waals surface area (Å²) >= 11 is 0. The highest BCUT2D eigenvalue weighted by Crippen LogP contribution is 2.32. The average molecular weight is 287 g/mol. The first-order valence-corrected chi connectivity index (χ1v) is 7.72. The smallest absolute Gasteiger partial charge is 0.308 e. The second kappa shape index (κ2) is 8.60. The van der Waals surface area contributed by atoms with Gasteiger partial charge in [0, 0.05) is 19.7 Å². The summed E-state index contributed by atoms with van der Waals surface area (Å²) in [7, 11) is 0. The molecule has 1 aliphatic rings. The minimum atomic E-state index is -0.699. The van der Waals surface area contributed by atoms with Crippen LogP contribution in [0, 0.1) is 5.92 Å². The Kier molecular flexibility index (Phi) is 7.48. The van der Waals surface area contributed by atoms with Gasteiger partial charge in [-0.25, -0.2) is 0 Å². The number of esters is 1. The topological polar surface area (TPSA) is 67.8 Å². The normalized spacial score (nSPS) is 28.1. The molecule has 0 saturated heterocycles. The van der Waals surface area contributed by atoms with E-state index in [1.165, 1.54) is 0 Å². The molecule has 118 valence electrons. The molecule has 0 aromatic rings. The van der Waals surface area contributed by atoms with Gasteiger partial charge >= 0.3 is 5.97 Å². The standard InChI is InChI=1S/C15H29NO4/c1-4-19-12(3)10-16-11-15(18)8-6-13(7-9-15)14(17)20-5-2/h12-13,16,18H,4-11H2,1-3H3. The zero-order chi connectivity index (χ0) is 15.0. The Labute approximate surface area is 122 Å². The van der Waals surface area contributed by atoms with Crippen LogP contribution in [0.2, 0.25) is 0 Å². The second-order valence-electron chi connectivity index (χ2n) is 5.65. The monoisotopic (exact) mass is 287 g/mol. The SMILES string of the molecule is CCOC(=O)C1CCC(O)(CNCC(C)OCC)CC1. The van der Waals surface area contributed by atoms with E-state index in [0.717, 1.165) is 6.54 Å². The molecule has 0 heterocycles. The Balaban J connectivity index is 2.26. The number of nitrogens with one attached hydrogen (secondary N) is 1. The van der Waals surface area contributed by atoms with Crippen molar-refractivity contribution in [2.24, 2.45) is 5.92 Å². The van der Waals surface area contributed by atoms with E-state index in [1.54, 1.807) is 0 Å². The quantitative estimate of drug-likeness (QED) is 0.662. The average Bonchev–Trinajstić information content (AvgIpc) is 2.40. The Bertz CT molecular complexity index is 288. The molecule has 2 N–H and O–H groups in total. The summed E-state index contributed by atoms with van der Waals surface area (Å²) in [5.41, 5.74) is -0.699. The highest BCUT2D eigenvalue weighted by atomic mass is 16.5. The van der Waals surface area contributed by atoms with Crippen molar-refractivity contribution in [1.82, 2.24) is 5.32 Å². The third-order valence-corrected chi connectivity index (χ3v) is 3.87. The highest BCUT2D eigenvalue weighted by Gasteiger charge is 2.36. The first-order valence-electron chi connectivity index (χ1n) is 7.72. The zero-order valence-corrected chi connectivity index (χ0v) is 13.0. The van der Waals surface area contributed by atoms with Crippen molar-refractivity contribution in [1.29, 1.82) is 0 Å². The van der Waals surface area contributed by atoms with Gasteiger partial charge in [0.15, 0.2) is 0 Å². The lowest BCUT2D eigenvalue weighted by Crippen LogP contribution is -2.46. The lowest BCUT2D eigenvalue weighted by atomic mass is 9.79. The molecule has 0 aromatic carbocycles. The molecule has 0 aliphatic heterocycles. The number of carbonyl (C=O) groups is 1. The molecule has 0 amide bonds. The number of hydrogen-bond acceptors (Lipinski definition) is 5. The lowest BCUT2D eigenvalue weighted by Gasteiger charge is -2.35. The summed E-state index contributed by atoms with van der Waals surface area (Å²) in [5, 5.41) is 13.7. The fourth-order valence-electron chi connectivity index (χ4n) is 2.68. The number of ether oxygens (including phenoxy) is 2. The van der Waals surface area contributed by atoms with Gasteiger partial charge in [0.25, 0.3) is 0 Å². The van der Waals surface area contributed by atoms with Gasteiger partial charge in [0.1, 0.15) is 0 Å². The lowest BCUT2D eigenvalue weighted by molar-refractivity contribution is -0.151. The first-order chi connectivity index (χ1) is 9.50. The van der Waals surface area contributed by atoms with E-state index < -0.39 is 5.60 Å². The molecule has 0 radical (unpaired) electrons. The summed E-state index contributed by atoms with van der Waals surface area (Å²) in [4.78, 5) is 11.6. The van der Waals surface area contributed by atoms with Gasteiger partial charge in [0.2, 0.25) is 0 Å². The molecule has 1 fully saturated rings. The van der Waals surface area contributed by atoms with Gasteiger partial charge in [-0.2, -0.15) is 0 Å². The van der Waals surface area contributed by atoms with E-state index in [-0.39, 0.29) is 18.0 Å². The predicted molar refractivity (Wildman–Crippen MR) is 77.5 cm³/mol. The maximum Gasteiger partial charge on any atom is 0.308 e. The van der Waals surface area contributed by atoms with E-state index in [1.807, 2.05) is 20.8 Å². The van der Waals surface area contributed by atoms with E-state index in [9.17, 15) is 9.90 Å². The molecule has 1 unspecified atom stereocenters. The molecule has 20 heavy (non-hydrogen) atoms. The van der Waals surface area contributed by atoms with Crippen LogP contribution in [-0.2, 0) is 14.3 Å². The molecule has 0 spiro atoms. The number of rotatable bonds is 8. The first kappa shape index (κ1) is 17.4. The van der Waals surface area contributed by atoms with Crippen molar-refractivity contribution in [3.63, 3.8) is 0 Å². The fourth-order valence-corrected chi connectivity index (χ4v) is 2.68. The van der Waals surface area contributed by atoms with Gasteiger partial charge in [-0.05, 0) is 46.5 Å². The Morgan fingerprint density at radius 2 is 2.00 bits per heavy atom. The highest BCUT2D eigenvalue weighted by molar-refractivity contribution is 5.72. The molecule has 1 aliphatic carbocycles. The van der Waals surface area contributed by atoms with Crippen LogP contribution in [0.4, 0.5) is 0 Å². The van der Waals surface area contributed by atoms with Crippen molar-refractivity contribution in [3.8, 4) is 0 Å². The summed E-state index contributed by atoms with van der Waals surface area (Å²) in [5.74, 6) is -0.162. The van der Waals surface area contributed by atoms with Gasteiger partial charge in [-0.1, -0.05) is 0 Å². The van der Waals surface area contributed by atoms with Crippen LogP contribution in [-0.4, -0.2) is 49.1 Å². The maximum atomic E-state index is 11.6. The van der Waals surface area contributed by atoms with Gasteiger partial charge < -0.3 is 19.9 Å². The molecular weight excluding hydrogens is 258 g/mol. The molecule has 1 atom stereocenters. The Morgan fingerprint density at radius 3 is 2.55 bits per heavy atom. The van der Waals surface area contributed by atoms with Crippen LogP contribution in [0.25, 0.3) is 0 Å². The largest absolute Gasteiger partial charge is 0.466 e. The van der Waals surface area contributed by atoms with Gasteiger partial charge in [-0.15, -0.1) is 0 Å². The van der Waals surface area contributed by atoms with E-state index in [0.29, 0.717) is 45.4 Å². The van der Waals surface area contributed by atoms with Crippen LogP contribution in [0.1, 0.15) is 46.5 Å². The summed E-state index contributed by atoms with van der Waals surface area (Å²) in [6.07, 6.45) is 2.86. The molecule has 0 bridgehead atoms. The molecule has 5 nitrogen and oxygen atoms in total. The van der Waals surface area contributed by atoms with E-state index >= 15 is 0 Å². The minimum Gasteiger partial charge on any atom is -0.466 e. The van der Waals surface area contributed by atoms with Crippen LogP contribution < -0.4 is 5.32 Å². The van der Waals surface area contributed by atoms with Gasteiger partial charge in [-0.3, -0.25) is 4.79 Å². The summed E-state index contributed by atoms with van der Waals surface area (Å²) in [6, 6.07) is 0. The number of carbonyl (C=O) groups excluding carboxylic acids is 1. The molecule has 0 aromatic heterocycles. The fraction of sp³-hybridized carbons (Fsp3) is 0.933. The summed E-state index contributed by atoms with van der Waals surface area (Å²) < 4.78 is 10.5. The Morgan fingerprint density at radius 1 is 1.35 bits per heavy atom. The zero-order valence-electron chi connectivity index (χ0n) is 13.0. The van der Waals surface area contributed by atoms with Crippen LogP contribution in [0.5, 0.6) is 0 Å². The second-order valence-corrected chi connectivity index (χ2v) is 5.65. The van der Waals surface area contributed by atoms with Crippen molar-refractivity contribution in [2.45, 2.75) is 58.2 Å². The van der Waals surface area contributed by atoms with Gasteiger partial charge in [0.05, 0.1) is 24.2 Å². The van der Waals surface area contributed by atoms with Crippen molar-refractivity contribution >= 4 is 5.97 Å². The third kappa shape index (κ3) is 5.77. The van der Waals surface area contributed by atoms with Crippen molar-refractivity contribution < 1.29 is 19.4 Å². The number of aliphatic hydroxyl groups is 1. The Hall–Kier alpha value is -0.650. The van der Waals surface area contributed by atoms with E-state index in [2.05, 4.69) is 5.32 Å². The van der Waals surface area contributed by atoms with Crippen LogP contribution in [0.15, 0.2) is 0 Å². The predicted octanol–water partition coefficient (Wildman–Crippen LogP) is 1.49. The third-order valence-electron chi connectivity index (χ3n) is 3.87. The molecular formula is C15H29NO4. The van der Waals surface area contributed by atoms with Crippen molar-refractivity contribution in [3.05, 3.63) is 0 Å². The molecule has 1 rings (SSSR count). The molecule has 5 heteroatoms. The van der Waals surface area contributed by atoms with Crippen LogP contribution >= 0.6 is 0 Å². The minimum absolute atomic E-state index is 0.0439. The molecule has 1 saturated carbocycles. The van der Waals surface area contributed by atoms with E-state index in [4.69, 9.17) is 9.47 Å². The van der Waals surface area contributed by atoms with Crippen molar-refractivity contribution in [2.75, 3.05) is 26.3 Å². The van der Waals surface area contributed by atoms with Crippen LogP contribution in [0.3, 0.4) is 0 Å². The maximum absolute atomic E-state index is 11.6.